The largest absolute Gasteiger partial charge is 0.449 e. The van der Waals surface area contributed by atoms with E-state index >= 15 is 0 Å². The molecule has 100 valence electrons. The zero-order chi connectivity index (χ0) is 13.3. The number of rotatable bonds is 8. The molecule has 0 bridgehead atoms. The molecule has 0 aliphatic heterocycles. The Hall–Kier alpha value is -1.46. The van der Waals surface area contributed by atoms with E-state index in [0.29, 0.717) is 0 Å². The minimum atomic E-state index is -0.828. The molecule has 0 rings (SSSR count). The Kier molecular flexibility index (Phi) is 7.09. The standard InChI is InChI=1S/C11H22N2O4/c1-3-4-5-6-11(2,7-16-9(12)14)8-17-10(13)15/h3-8H2,1-2H3,(H2,12,14)(H2,13,15). The fourth-order valence-electron chi connectivity index (χ4n) is 1.48. The zero-order valence-electron chi connectivity index (χ0n) is 10.5. The van der Waals surface area contributed by atoms with E-state index in [1.165, 1.54) is 0 Å². The molecule has 0 spiro atoms. The van der Waals surface area contributed by atoms with Crippen LogP contribution in [0.1, 0.15) is 39.5 Å². The summed E-state index contributed by atoms with van der Waals surface area (Å²) in [6.45, 7) is 4.21. The van der Waals surface area contributed by atoms with E-state index in [9.17, 15) is 9.59 Å². The second-order valence-electron chi connectivity index (χ2n) is 4.48. The van der Waals surface area contributed by atoms with Crippen LogP contribution >= 0.6 is 0 Å². The highest BCUT2D eigenvalue weighted by molar-refractivity contribution is 5.65. The van der Waals surface area contributed by atoms with Gasteiger partial charge in [-0.25, -0.2) is 9.59 Å². The molecule has 0 aromatic rings. The van der Waals surface area contributed by atoms with Gasteiger partial charge in [-0.15, -0.1) is 0 Å². The van der Waals surface area contributed by atoms with Gasteiger partial charge in [-0.2, -0.15) is 0 Å². The van der Waals surface area contributed by atoms with Gasteiger partial charge in [0.2, 0.25) is 0 Å². The number of hydrogen-bond donors (Lipinski definition) is 2. The fourth-order valence-corrected chi connectivity index (χ4v) is 1.48. The van der Waals surface area contributed by atoms with Crippen molar-refractivity contribution in [3.63, 3.8) is 0 Å². The molecular weight excluding hydrogens is 224 g/mol. The Morgan fingerprint density at radius 1 is 1.06 bits per heavy atom. The fraction of sp³-hybridized carbons (Fsp3) is 0.818. The lowest BCUT2D eigenvalue weighted by molar-refractivity contribution is 0.0356. The number of carbonyl (C=O) groups is 2. The van der Waals surface area contributed by atoms with E-state index in [0.717, 1.165) is 25.7 Å². The number of primary amides is 2. The Morgan fingerprint density at radius 2 is 1.53 bits per heavy atom. The van der Waals surface area contributed by atoms with E-state index in [1.54, 1.807) is 0 Å². The summed E-state index contributed by atoms with van der Waals surface area (Å²) in [6, 6.07) is 0. The van der Waals surface area contributed by atoms with Crippen molar-refractivity contribution in [3.05, 3.63) is 0 Å². The van der Waals surface area contributed by atoms with Crippen molar-refractivity contribution in [2.75, 3.05) is 13.2 Å². The predicted octanol–water partition coefficient (Wildman–Crippen LogP) is 1.76. The van der Waals surface area contributed by atoms with Crippen molar-refractivity contribution >= 4 is 12.2 Å². The van der Waals surface area contributed by atoms with Crippen molar-refractivity contribution in [2.24, 2.45) is 16.9 Å². The average Bonchev–Trinajstić information content (AvgIpc) is 2.24. The van der Waals surface area contributed by atoms with Gasteiger partial charge in [-0.3, -0.25) is 0 Å². The Labute approximate surface area is 102 Å². The molecule has 6 nitrogen and oxygen atoms in total. The van der Waals surface area contributed by atoms with Gasteiger partial charge < -0.3 is 20.9 Å². The second kappa shape index (κ2) is 7.76. The van der Waals surface area contributed by atoms with Crippen molar-refractivity contribution in [1.82, 2.24) is 0 Å². The van der Waals surface area contributed by atoms with Crippen LogP contribution in [-0.2, 0) is 9.47 Å². The lowest BCUT2D eigenvalue weighted by atomic mass is 9.86. The monoisotopic (exact) mass is 246 g/mol. The van der Waals surface area contributed by atoms with Crippen LogP contribution in [0.15, 0.2) is 0 Å². The van der Waals surface area contributed by atoms with Crippen LogP contribution < -0.4 is 11.5 Å². The molecule has 0 aliphatic rings. The van der Waals surface area contributed by atoms with E-state index in [-0.39, 0.29) is 13.2 Å². The summed E-state index contributed by atoms with van der Waals surface area (Å²) in [5, 5.41) is 0. The van der Waals surface area contributed by atoms with Crippen LogP contribution in [0.25, 0.3) is 0 Å². The first-order valence-corrected chi connectivity index (χ1v) is 5.74. The molecule has 0 heterocycles. The maximum Gasteiger partial charge on any atom is 0.404 e. The van der Waals surface area contributed by atoms with Crippen LogP contribution in [0.5, 0.6) is 0 Å². The molecular formula is C11H22N2O4. The Balaban J connectivity index is 4.22. The second-order valence-corrected chi connectivity index (χ2v) is 4.48. The van der Waals surface area contributed by atoms with E-state index < -0.39 is 17.6 Å². The molecule has 0 aliphatic carbocycles. The van der Waals surface area contributed by atoms with Gasteiger partial charge in [0.25, 0.3) is 0 Å². The van der Waals surface area contributed by atoms with Crippen molar-refractivity contribution < 1.29 is 19.1 Å². The van der Waals surface area contributed by atoms with Crippen molar-refractivity contribution in [2.45, 2.75) is 39.5 Å². The molecule has 0 aromatic carbocycles. The summed E-state index contributed by atoms with van der Waals surface area (Å²) in [5.74, 6) is 0. The molecule has 4 N–H and O–H groups in total. The molecule has 0 fully saturated rings. The third-order valence-corrected chi connectivity index (χ3v) is 2.51. The zero-order valence-corrected chi connectivity index (χ0v) is 10.5. The minimum Gasteiger partial charge on any atom is -0.449 e. The molecule has 0 atom stereocenters. The summed E-state index contributed by atoms with van der Waals surface area (Å²) in [6.07, 6.45) is 2.25. The molecule has 2 amide bonds. The molecule has 0 aromatic heterocycles. The average molecular weight is 246 g/mol. The first-order valence-electron chi connectivity index (χ1n) is 5.74. The molecule has 6 heteroatoms. The van der Waals surface area contributed by atoms with E-state index in [2.05, 4.69) is 6.92 Å². The van der Waals surface area contributed by atoms with Gasteiger partial charge in [-0.05, 0) is 6.42 Å². The lowest BCUT2D eigenvalue weighted by Gasteiger charge is -2.27. The first kappa shape index (κ1) is 15.5. The van der Waals surface area contributed by atoms with Crippen LogP contribution in [0.3, 0.4) is 0 Å². The normalized spacial score (nSPS) is 10.9. The lowest BCUT2D eigenvalue weighted by Crippen LogP contribution is -2.33. The number of ether oxygens (including phenoxy) is 2. The van der Waals surface area contributed by atoms with E-state index in [1.807, 2.05) is 6.92 Å². The highest BCUT2D eigenvalue weighted by atomic mass is 16.6. The smallest absolute Gasteiger partial charge is 0.404 e. The maximum atomic E-state index is 10.6. The quantitative estimate of drug-likeness (QED) is 0.636. The first-order chi connectivity index (χ1) is 7.89. The third-order valence-electron chi connectivity index (χ3n) is 2.51. The summed E-state index contributed by atoms with van der Waals surface area (Å²) in [4.78, 5) is 21.2. The number of unbranched alkanes of at least 4 members (excludes halogenated alkanes) is 2. The van der Waals surface area contributed by atoms with Crippen molar-refractivity contribution in [1.29, 1.82) is 0 Å². The van der Waals surface area contributed by atoms with Crippen molar-refractivity contribution in [3.8, 4) is 0 Å². The van der Waals surface area contributed by atoms with Crippen LogP contribution in [0, 0.1) is 5.41 Å². The molecule has 17 heavy (non-hydrogen) atoms. The molecule has 0 radical (unpaired) electrons. The number of amides is 2. The van der Waals surface area contributed by atoms with E-state index in [4.69, 9.17) is 20.9 Å². The third kappa shape index (κ3) is 8.36. The summed E-state index contributed by atoms with van der Waals surface area (Å²) in [5.41, 5.74) is 9.40. The summed E-state index contributed by atoms with van der Waals surface area (Å²) >= 11 is 0. The topological polar surface area (TPSA) is 105 Å². The predicted molar refractivity (Wildman–Crippen MR) is 63.3 cm³/mol. The van der Waals surface area contributed by atoms with Gasteiger partial charge >= 0.3 is 12.2 Å². The number of nitrogens with two attached hydrogens (primary N) is 2. The Morgan fingerprint density at radius 3 is 1.88 bits per heavy atom. The van der Waals surface area contributed by atoms with Crippen LogP contribution in [0.4, 0.5) is 9.59 Å². The summed E-state index contributed by atoms with van der Waals surface area (Å²) in [7, 11) is 0. The SMILES string of the molecule is CCCCCC(C)(COC(N)=O)COC(N)=O. The van der Waals surface area contributed by atoms with Gasteiger partial charge in [0.05, 0.1) is 0 Å². The minimum absolute atomic E-state index is 0.124. The molecule has 0 unspecified atom stereocenters. The molecule has 0 saturated carbocycles. The maximum absolute atomic E-state index is 10.6. The van der Waals surface area contributed by atoms with Crippen LogP contribution in [0.2, 0.25) is 0 Å². The number of hydrogen-bond acceptors (Lipinski definition) is 4. The highest BCUT2D eigenvalue weighted by Crippen LogP contribution is 2.25. The molecule has 0 saturated heterocycles. The summed E-state index contributed by atoms with van der Waals surface area (Å²) < 4.78 is 9.55. The Bertz CT molecular complexity index is 238. The van der Waals surface area contributed by atoms with Gasteiger partial charge in [0.15, 0.2) is 0 Å². The highest BCUT2D eigenvalue weighted by Gasteiger charge is 2.27. The number of carbonyl (C=O) groups excluding carboxylic acids is 2. The van der Waals surface area contributed by atoms with Crippen LogP contribution in [-0.4, -0.2) is 25.4 Å². The van der Waals surface area contributed by atoms with Gasteiger partial charge in [0, 0.05) is 5.41 Å². The van der Waals surface area contributed by atoms with Gasteiger partial charge in [-0.1, -0.05) is 33.1 Å². The van der Waals surface area contributed by atoms with Gasteiger partial charge in [0.1, 0.15) is 13.2 Å².